The summed E-state index contributed by atoms with van der Waals surface area (Å²) in [7, 11) is 0. The second-order valence-electron chi connectivity index (χ2n) is 8.35. The zero-order valence-corrected chi connectivity index (χ0v) is 19.9. The summed E-state index contributed by atoms with van der Waals surface area (Å²) in [4.78, 5) is 45.7. The first-order chi connectivity index (χ1) is 16.9. The summed E-state index contributed by atoms with van der Waals surface area (Å²) in [5.41, 5.74) is 0.436. The van der Waals surface area contributed by atoms with Gasteiger partial charge in [-0.05, 0) is 75.6 Å². The lowest BCUT2D eigenvalue weighted by molar-refractivity contribution is -0.147. The van der Waals surface area contributed by atoms with Crippen LogP contribution in [0.2, 0.25) is 0 Å². The van der Waals surface area contributed by atoms with Crippen LogP contribution in [0.15, 0.2) is 36.9 Å². The number of carboxylic acid groups (broad SMARTS) is 1. The molecule has 0 heterocycles. The van der Waals surface area contributed by atoms with Gasteiger partial charge in [-0.2, -0.15) is 0 Å². The van der Waals surface area contributed by atoms with Gasteiger partial charge in [0.1, 0.15) is 18.5 Å². The molecule has 2 rings (SSSR count). The molecule has 0 spiro atoms. The number of hydrogen-bond acceptors (Lipinski definition) is 8. The highest BCUT2D eigenvalue weighted by atomic mass is 16.6. The van der Waals surface area contributed by atoms with Crippen LogP contribution in [0.5, 0.6) is 5.75 Å². The molecule has 0 amide bonds. The molecule has 1 fully saturated rings. The standard InChI is InChI=1S/C26H34O9/c1-2-23(27)34-18-15-24(28)33-17-6-4-3-5-16-32-21-11-9-20(10-12-21)26(31)35-22-13-7-19(8-14-22)25(29)30/h2,9-12,19,22H,1,3-8,13-18H2,(H,29,30). The second-order valence-corrected chi connectivity index (χ2v) is 8.35. The Bertz CT molecular complexity index is 839. The van der Waals surface area contributed by atoms with Crippen LogP contribution in [-0.4, -0.2) is 54.9 Å². The molecule has 1 N–H and O–H groups in total. The maximum Gasteiger partial charge on any atom is 0.338 e. The zero-order chi connectivity index (χ0) is 25.5. The van der Waals surface area contributed by atoms with E-state index in [1.165, 1.54) is 0 Å². The van der Waals surface area contributed by atoms with E-state index in [4.69, 9.17) is 24.1 Å². The second kappa shape index (κ2) is 15.5. The van der Waals surface area contributed by atoms with Crippen LogP contribution in [0, 0.1) is 5.92 Å². The predicted molar refractivity (Wildman–Crippen MR) is 126 cm³/mol. The Morgan fingerprint density at radius 2 is 1.54 bits per heavy atom. The van der Waals surface area contributed by atoms with Crippen molar-refractivity contribution in [1.82, 2.24) is 0 Å². The SMILES string of the molecule is C=CC(=O)OCCC(=O)OCCCCCCOc1ccc(C(=O)OC2CCC(C(=O)O)CC2)cc1. The van der Waals surface area contributed by atoms with Crippen molar-refractivity contribution in [3.8, 4) is 5.75 Å². The van der Waals surface area contributed by atoms with Crippen molar-refractivity contribution in [3.05, 3.63) is 42.5 Å². The van der Waals surface area contributed by atoms with E-state index in [-0.39, 0.29) is 25.0 Å². The van der Waals surface area contributed by atoms with Gasteiger partial charge in [0.05, 0.1) is 31.1 Å². The van der Waals surface area contributed by atoms with Gasteiger partial charge in [-0.3, -0.25) is 9.59 Å². The van der Waals surface area contributed by atoms with Gasteiger partial charge in [0.2, 0.25) is 0 Å². The van der Waals surface area contributed by atoms with E-state index in [0.717, 1.165) is 31.8 Å². The summed E-state index contributed by atoms with van der Waals surface area (Å²) >= 11 is 0. The van der Waals surface area contributed by atoms with Crippen LogP contribution in [0.1, 0.15) is 68.1 Å². The topological polar surface area (TPSA) is 125 Å². The van der Waals surface area contributed by atoms with Crippen molar-refractivity contribution in [2.24, 2.45) is 5.92 Å². The molecule has 0 atom stereocenters. The summed E-state index contributed by atoms with van der Waals surface area (Å²) in [6.07, 6.45) is 6.42. The van der Waals surface area contributed by atoms with E-state index in [9.17, 15) is 19.2 Å². The number of unbranched alkanes of at least 4 members (excludes halogenated alkanes) is 3. The Morgan fingerprint density at radius 1 is 0.886 bits per heavy atom. The highest BCUT2D eigenvalue weighted by Crippen LogP contribution is 2.27. The largest absolute Gasteiger partial charge is 0.494 e. The highest BCUT2D eigenvalue weighted by Gasteiger charge is 2.28. The average Bonchev–Trinajstić information content (AvgIpc) is 2.86. The van der Waals surface area contributed by atoms with E-state index >= 15 is 0 Å². The molecule has 1 aliphatic carbocycles. The molecule has 0 saturated heterocycles. The van der Waals surface area contributed by atoms with Crippen LogP contribution in [0.25, 0.3) is 0 Å². The molecule has 192 valence electrons. The molecule has 35 heavy (non-hydrogen) atoms. The Balaban J connectivity index is 1.51. The molecule has 0 bridgehead atoms. The van der Waals surface area contributed by atoms with E-state index in [2.05, 4.69) is 6.58 Å². The molecular formula is C26H34O9. The number of aliphatic carboxylic acids is 1. The van der Waals surface area contributed by atoms with Crippen LogP contribution >= 0.6 is 0 Å². The van der Waals surface area contributed by atoms with E-state index in [1.54, 1.807) is 24.3 Å². The Morgan fingerprint density at radius 3 is 2.17 bits per heavy atom. The van der Waals surface area contributed by atoms with Gasteiger partial charge in [-0.15, -0.1) is 0 Å². The van der Waals surface area contributed by atoms with Gasteiger partial charge < -0.3 is 24.1 Å². The van der Waals surface area contributed by atoms with E-state index in [1.807, 2.05) is 0 Å². The Labute approximate surface area is 205 Å². The molecule has 9 heteroatoms. The number of carbonyl (C=O) groups is 4. The summed E-state index contributed by atoms with van der Waals surface area (Å²) in [5, 5.41) is 9.05. The van der Waals surface area contributed by atoms with Crippen molar-refractivity contribution in [2.75, 3.05) is 19.8 Å². The van der Waals surface area contributed by atoms with Gasteiger partial charge in [0, 0.05) is 6.08 Å². The van der Waals surface area contributed by atoms with Crippen LogP contribution in [0.3, 0.4) is 0 Å². The van der Waals surface area contributed by atoms with E-state index in [0.29, 0.717) is 50.2 Å². The fraction of sp³-hybridized carbons (Fsp3) is 0.538. The van der Waals surface area contributed by atoms with Gasteiger partial charge in [0.15, 0.2) is 0 Å². The van der Waals surface area contributed by atoms with Crippen molar-refractivity contribution in [3.63, 3.8) is 0 Å². The number of ether oxygens (including phenoxy) is 4. The van der Waals surface area contributed by atoms with E-state index < -0.39 is 23.9 Å². The summed E-state index contributed by atoms with van der Waals surface area (Å²) in [5.74, 6) is -1.84. The van der Waals surface area contributed by atoms with Gasteiger partial charge in [-0.1, -0.05) is 6.58 Å². The Kier molecular flexibility index (Phi) is 12.4. The number of esters is 3. The summed E-state index contributed by atoms with van der Waals surface area (Å²) in [6, 6.07) is 6.77. The molecule has 1 aliphatic rings. The van der Waals surface area contributed by atoms with Crippen molar-refractivity contribution >= 4 is 23.9 Å². The van der Waals surface area contributed by atoms with Gasteiger partial charge >= 0.3 is 23.9 Å². The monoisotopic (exact) mass is 490 g/mol. The fourth-order valence-electron chi connectivity index (χ4n) is 3.63. The zero-order valence-electron chi connectivity index (χ0n) is 19.9. The lowest BCUT2D eigenvalue weighted by atomic mass is 9.87. The fourth-order valence-corrected chi connectivity index (χ4v) is 3.63. The lowest BCUT2D eigenvalue weighted by Crippen LogP contribution is -2.27. The lowest BCUT2D eigenvalue weighted by Gasteiger charge is -2.25. The average molecular weight is 491 g/mol. The molecule has 1 saturated carbocycles. The first-order valence-electron chi connectivity index (χ1n) is 12.0. The normalized spacial score (nSPS) is 17.1. The van der Waals surface area contributed by atoms with Crippen LogP contribution < -0.4 is 4.74 Å². The number of rotatable bonds is 15. The molecule has 0 unspecified atom stereocenters. The van der Waals surface area contributed by atoms with Gasteiger partial charge in [0.25, 0.3) is 0 Å². The maximum absolute atomic E-state index is 12.3. The van der Waals surface area contributed by atoms with Crippen LogP contribution in [0.4, 0.5) is 0 Å². The smallest absolute Gasteiger partial charge is 0.338 e. The minimum atomic E-state index is -0.784. The third-order valence-electron chi connectivity index (χ3n) is 5.67. The third-order valence-corrected chi connectivity index (χ3v) is 5.67. The van der Waals surface area contributed by atoms with Crippen LogP contribution in [-0.2, 0) is 28.6 Å². The number of benzene rings is 1. The number of carboxylic acids is 1. The summed E-state index contributed by atoms with van der Waals surface area (Å²) < 4.78 is 21.0. The molecule has 0 radical (unpaired) electrons. The third kappa shape index (κ3) is 11.1. The quantitative estimate of drug-likeness (QED) is 0.167. The first kappa shape index (κ1) is 27.9. The highest BCUT2D eigenvalue weighted by molar-refractivity contribution is 5.89. The van der Waals surface area contributed by atoms with Crippen molar-refractivity contribution < 1.29 is 43.2 Å². The Hall–Kier alpha value is -3.36. The number of hydrogen-bond donors (Lipinski definition) is 1. The molecule has 0 aromatic heterocycles. The summed E-state index contributed by atoms with van der Waals surface area (Å²) in [6.45, 7) is 4.12. The molecular weight excluding hydrogens is 456 g/mol. The molecule has 0 aliphatic heterocycles. The maximum atomic E-state index is 12.3. The minimum Gasteiger partial charge on any atom is -0.494 e. The predicted octanol–water partition coefficient (Wildman–Crippen LogP) is 4.09. The molecule has 9 nitrogen and oxygen atoms in total. The number of carbonyl (C=O) groups excluding carboxylic acids is 3. The van der Waals surface area contributed by atoms with Crippen molar-refractivity contribution in [1.29, 1.82) is 0 Å². The van der Waals surface area contributed by atoms with Crippen molar-refractivity contribution in [2.45, 2.75) is 63.9 Å². The minimum absolute atomic E-state index is 0.0152. The molecule has 1 aromatic rings. The first-order valence-corrected chi connectivity index (χ1v) is 12.0. The van der Waals surface area contributed by atoms with Gasteiger partial charge in [-0.25, -0.2) is 9.59 Å². The molecule has 1 aromatic carbocycles.